The van der Waals surface area contributed by atoms with Crippen LogP contribution in [0.5, 0.6) is 0 Å². The zero-order chi connectivity index (χ0) is 13.1. The molecule has 2 aliphatic rings. The van der Waals surface area contributed by atoms with Crippen molar-refractivity contribution < 1.29 is 9.59 Å². The maximum atomic E-state index is 12.3. The maximum Gasteiger partial charge on any atom is 0.326 e. The number of likely N-dealkylation sites (N-methyl/N-ethyl adjacent to an activating group) is 1. The van der Waals surface area contributed by atoms with E-state index in [-0.39, 0.29) is 17.9 Å². The number of H-pyrrole nitrogens is 1. The summed E-state index contributed by atoms with van der Waals surface area (Å²) in [5.74, 6) is -0.338. The average Bonchev–Trinajstić information content (AvgIpc) is 2.80. The highest BCUT2D eigenvalue weighted by atomic mass is 16.2. The van der Waals surface area contributed by atoms with Crippen LogP contribution in [0.1, 0.15) is 17.2 Å². The summed E-state index contributed by atoms with van der Waals surface area (Å²) in [5.41, 5.74) is 3.09. The Kier molecular flexibility index (Phi) is 1.88. The van der Waals surface area contributed by atoms with E-state index in [9.17, 15) is 9.59 Å². The number of imide groups is 1. The first-order chi connectivity index (χ1) is 9.16. The van der Waals surface area contributed by atoms with Gasteiger partial charge in [0.2, 0.25) is 5.91 Å². The van der Waals surface area contributed by atoms with Gasteiger partial charge in [-0.3, -0.25) is 9.69 Å². The molecule has 2 bridgehead atoms. The lowest BCUT2D eigenvalue weighted by molar-refractivity contribution is -0.132. The Morgan fingerprint density at radius 1 is 1.26 bits per heavy atom. The van der Waals surface area contributed by atoms with Crippen molar-refractivity contribution in [1.82, 2.24) is 14.8 Å². The van der Waals surface area contributed by atoms with Crippen LogP contribution in [0.4, 0.5) is 4.79 Å². The van der Waals surface area contributed by atoms with Crippen LogP contribution in [0.15, 0.2) is 24.3 Å². The van der Waals surface area contributed by atoms with Crippen molar-refractivity contribution in [1.29, 1.82) is 0 Å². The Balaban J connectivity index is 1.98. The van der Waals surface area contributed by atoms with Crippen molar-refractivity contribution >= 4 is 22.8 Å². The van der Waals surface area contributed by atoms with E-state index in [4.69, 9.17) is 0 Å². The van der Waals surface area contributed by atoms with Gasteiger partial charge in [-0.2, -0.15) is 0 Å². The molecule has 96 valence electrons. The highest BCUT2D eigenvalue weighted by Crippen LogP contribution is 2.38. The first-order valence-electron chi connectivity index (χ1n) is 6.33. The van der Waals surface area contributed by atoms with Crippen molar-refractivity contribution in [3.63, 3.8) is 0 Å². The third-order valence-electron chi connectivity index (χ3n) is 4.11. The number of hydrogen-bond acceptors (Lipinski definition) is 2. The normalized spacial score (nSPS) is 22.1. The van der Waals surface area contributed by atoms with Crippen LogP contribution in [-0.4, -0.2) is 40.3 Å². The van der Waals surface area contributed by atoms with E-state index in [2.05, 4.69) is 4.98 Å². The SMILES string of the molecule is CN1C(=O)[C@@H]2CN(Cc3[nH]c4ccccc4c32)C1=O. The summed E-state index contributed by atoms with van der Waals surface area (Å²) >= 11 is 0. The fourth-order valence-electron chi connectivity index (χ4n) is 3.20. The largest absolute Gasteiger partial charge is 0.357 e. The Hall–Kier alpha value is -2.30. The van der Waals surface area contributed by atoms with Gasteiger partial charge in [-0.15, -0.1) is 0 Å². The summed E-state index contributed by atoms with van der Waals surface area (Å²) in [5, 5.41) is 1.10. The molecule has 0 spiro atoms. The van der Waals surface area contributed by atoms with Crippen molar-refractivity contribution in [3.8, 4) is 0 Å². The predicted molar refractivity (Wildman–Crippen MR) is 69.6 cm³/mol. The van der Waals surface area contributed by atoms with Gasteiger partial charge in [0, 0.05) is 30.2 Å². The van der Waals surface area contributed by atoms with Gasteiger partial charge in [0.15, 0.2) is 0 Å². The molecule has 1 aromatic carbocycles. The number of rotatable bonds is 0. The maximum absolute atomic E-state index is 12.3. The minimum atomic E-state index is -0.234. The lowest BCUT2D eigenvalue weighted by Gasteiger charge is -2.40. The van der Waals surface area contributed by atoms with Gasteiger partial charge in [-0.25, -0.2) is 4.79 Å². The molecule has 1 fully saturated rings. The third kappa shape index (κ3) is 1.24. The fraction of sp³-hybridized carbons (Fsp3) is 0.286. The van der Waals surface area contributed by atoms with Crippen LogP contribution in [-0.2, 0) is 11.3 Å². The van der Waals surface area contributed by atoms with Crippen LogP contribution in [0.2, 0.25) is 0 Å². The smallest absolute Gasteiger partial charge is 0.326 e. The minimum Gasteiger partial charge on any atom is -0.357 e. The summed E-state index contributed by atoms with van der Waals surface area (Å²) in [4.78, 5) is 30.6. The highest BCUT2D eigenvalue weighted by Gasteiger charge is 2.43. The fourth-order valence-corrected chi connectivity index (χ4v) is 3.20. The standard InChI is InChI=1S/C14H13N3O2/c1-16-13(18)9-6-17(14(16)19)7-11-12(9)8-4-2-3-5-10(8)15-11/h2-5,9,15H,6-7H2,1H3/t9-/m1/s1. The second-order valence-corrected chi connectivity index (χ2v) is 5.18. The molecule has 2 aliphatic heterocycles. The second-order valence-electron chi connectivity index (χ2n) is 5.18. The van der Waals surface area contributed by atoms with Gasteiger partial charge in [0.25, 0.3) is 0 Å². The number of hydrogen-bond donors (Lipinski definition) is 1. The topological polar surface area (TPSA) is 56.4 Å². The Labute approximate surface area is 109 Å². The van der Waals surface area contributed by atoms with Crippen molar-refractivity contribution in [3.05, 3.63) is 35.5 Å². The molecule has 0 aliphatic carbocycles. The molecule has 19 heavy (non-hydrogen) atoms. The number of nitrogens with zero attached hydrogens (tertiary/aromatic N) is 2. The molecule has 3 amide bonds. The number of nitrogens with one attached hydrogen (secondary N) is 1. The molecule has 1 N–H and O–H groups in total. The van der Waals surface area contributed by atoms with Crippen LogP contribution >= 0.6 is 0 Å². The van der Waals surface area contributed by atoms with Crippen LogP contribution in [0.3, 0.4) is 0 Å². The molecule has 1 atom stereocenters. The summed E-state index contributed by atoms with van der Waals surface area (Å²) in [7, 11) is 1.56. The Morgan fingerprint density at radius 3 is 2.89 bits per heavy atom. The first kappa shape index (κ1) is 10.6. The molecule has 3 heterocycles. The zero-order valence-electron chi connectivity index (χ0n) is 10.5. The van der Waals surface area contributed by atoms with Gasteiger partial charge in [0.05, 0.1) is 12.5 Å². The third-order valence-corrected chi connectivity index (χ3v) is 4.11. The minimum absolute atomic E-state index is 0.105. The number of aromatic nitrogens is 1. The Bertz CT molecular complexity index is 719. The number of aromatic amines is 1. The number of para-hydroxylation sites is 1. The average molecular weight is 255 g/mol. The van der Waals surface area contributed by atoms with Gasteiger partial charge in [0.1, 0.15) is 0 Å². The van der Waals surface area contributed by atoms with E-state index in [1.165, 1.54) is 4.90 Å². The van der Waals surface area contributed by atoms with E-state index in [1.54, 1.807) is 11.9 Å². The number of carbonyl (C=O) groups is 2. The molecule has 0 unspecified atom stereocenters. The summed E-state index contributed by atoms with van der Waals surface area (Å²) in [6.07, 6.45) is 0. The summed E-state index contributed by atoms with van der Waals surface area (Å²) in [6, 6.07) is 7.78. The van der Waals surface area contributed by atoms with Crippen LogP contribution in [0.25, 0.3) is 10.9 Å². The van der Waals surface area contributed by atoms with E-state index in [0.717, 1.165) is 22.2 Å². The molecule has 5 nitrogen and oxygen atoms in total. The predicted octanol–water partition coefficient (Wildman–Crippen LogP) is 1.66. The van der Waals surface area contributed by atoms with Crippen molar-refractivity contribution in [2.24, 2.45) is 0 Å². The second kappa shape index (κ2) is 3.38. The number of benzene rings is 1. The van der Waals surface area contributed by atoms with E-state index in [1.807, 2.05) is 24.3 Å². The molecule has 1 aromatic heterocycles. The summed E-state index contributed by atoms with van der Waals surface area (Å²) < 4.78 is 0. The zero-order valence-corrected chi connectivity index (χ0v) is 10.5. The van der Waals surface area contributed by atoms with Crippen molar-refractivity contribution in [2.45, 2.75) is 12.5 Å². The quantitative estimate of drug-likeness (QED) is 0.778. The van der Waals surface area contributed by atoms with E-state index in [0.29, 0.717) is 13.1 Å². The van der Waals surface area contributed by atoms with Gasteiger partial charge in [-0.1, -0.05) is 18.2 Å². The molecule has 4 rings (SSSR count). The van der Waals surface area contributed by atoms with Gasteiger partial charge < -0.3 is 9.88 Å². The van der Waals surface area contributed by atoms with E-state index < -0.39 is 0 Å². The van der Waals surface area contributed by atoms with Crippen LogP contribution < -0.4 is 0 Å². The molecular weight excluding hydrogens is 242 g/mol. The first-order valence-corrected chi connectivity index (χ1v) is 6.33. The number of carbonyl (C=O) groups excluding carboxylic acids is 2. The molecule has 2 aromatic rings. The lowest BCUT2D eigenvalue weighted by atomic mass is 9.89. The molecular formula is C14H13N3O2. The van der Waals surface area contributed by atoms with Crippen LogP contribution in [0, 0.1) is 0 Å². The van der Waals surface area contributed by atoms with Gasteiger partial charge >= 0.3 is 6.03 Å². The summed E-state index contributed by atoms with van der Waals surface area (Å²) in [6.45, 7) is 1.05. The van der Waals surface area contributed by atoms with E-state index >= 15 is 0 Å². The number of urea groups is 1. The molecule has 1 saturated heterocycles. The van der Waals surface area contributed by atoms with Crippen molar-refractivity contribution in [2.75, 3.05) is 13.6 Å². The Morgan fingerprint density at radius 2 is 2.05 bits per heavy atom. The molecule has 5 heteroatoms. The highest BCUT2D eigenvalue weighted by molar-refractivity contribution is 6.03. The number of fused-ring (bicyclic) bond motifs is 6. The lowest BCUT2D eigenvalue weighted by Crippen LogP contribution is -2.55. The number of amides is 3. The monoisotopic (exact) mass is 255 g/mol. The van der Waals surface area contributed by atoms with Gasteiger partial charge in [-0.05, 0) is 11.6 Å². The molecule has 0 radical (unpaired) electrons. The molecule has 0 saturated carbocycles.